The average molecular weight is 284 g/mol. The second kappa shape index (κ2) is 6.26. The minimum Gasteiger partial charge on any atom is -0.480 e. The van der Waals surface area contributed by atoms with Crippen LogP contribution in [0, 0.1) is 5.92 Å². The van der Waals surface area contributed by atoms with Crippen LogP contribution in [0.15, 0.2) is 24.3 Å². The van der Waals surface area contributed by atoms with Crippen molar-refractivity contribution in [3.05, 3.63) is 29.3 Å². The Hall–Kier alpha value is -1.26. The highest BCUT2D eigenvalue weighted by molar-refractivity contribution is 6.30. The van der Waals surface area contributed by atoms with Crippen LogP contribution in [0.2, 0.25) is 5.02 Å². The molecule has 2 atom stereocenters. The Bertz CT molecular complexity index is 429. The maximum absolute atomic E-state index is 11.1. The largest absolute Gasteiger partial charge is 0.480 e. The van der Waals surface area contributed by atoms with E-state index >= 15 is 0 Å². The Morgan fingerprint density at radius 1 is 1.53 bits per heavy atom. The molecule has 1 aromatic carbocycles. The Morgan fingerprint density at radius 2 is 2.21 bits per heavy atom. The van der Waals surface area contributed by atoms with Crippen LogP contribution in [0.1, 0.15) is 13.3 Å². The fraction of sp³-hybridized carbons (Fsp3) is 0.500. The van der Waals surface area contributed by atoms with Gasteiger partial charge < -0.3 is 14.7 Å². The molecule has 19 heavy (non-hydrogen) atoms. The van der Waals surface area contributed by atoms with Crippen molar-refractivity contribution in [2.75, 3.05) is 24.7 Å². The molecule has 0 saturated carbocycles. The monoisotopic (exact) mass is 283 g/mol. The molecule has 0 aromatic heterocycles. The maximum atomic E-state index is 11.1. The summed E-state index contributed by atoms with van der Waals surface area (Å²) in [6.07, 6.45) is 0.977. The number of ether oxygens (including phenoxy) is 1. The Balaban J connectivity index is 2.18. The van der Waals surface area contributed by atoms with Crippen LogP contribution >= 0.6 is 11.6 Å². The highest BCUT2D eigenvalue weighted by Gasteiger charge is 2.28. The van der Waals surface area contributed by atoms with E-state index in [1.165, 1.54) is 0 Å². The third-order valence-corrected chi connectivity index (χ3v) is 3.85. The zero-order valence-electron chi connectivity index (χ0n) is 10.9. The first-order valence-electron chi connectivity index (χ1n) is 6.39. The Morgan fingerprint density at radius 3 is 2.74 bits per heavy atom. The number of carboxylic acids is 1. The molecule has 0 radical (unpaired) electrons. The zero-order chi connectivity index (χ0) is 13.8. The van der Waals surface area contributed by atoms with E-state index in [-0.39, 0.29) is 12.6 Å². The molecule has 2 rings (SSSR count). The summed E-state index contributed by atoms with van der Waals surface area (Å²) < 4.78 is 5.39. The summed E-state index contributed by atoms with van der Waals surface area (Å²) in [5.74, 6) is -0.462. The fourth-order valence-electron chi connectivity index (χ4n) is 2.44. The van der Waals surface area contributed by atoms with Crippen LogP contribution in [0.5, 0.6) is 0 Å². The van der Waals surface area contributed by atoms with E-state index in [9.17, 15) is 4.79 Å². The van der Waals surface area contributed by atoms with Crippen molar-refractivity contribution < 1.29 is 14.6 Å². The standard InChI is InChI=1S/C14H18ClNO3/c1-10(11-6-7-19-9-11)16(8-14(17)18)13-4-2-12(15)3-5-13/h2-5,10-11H,6-9H2,1H3,(H,17,18). The van der Waals surface area contributed by atoms with Gasteiger partial charge in [0, 0.05) is 29.3 Å². The summed E-state index contributed by atoms with van der Waals surface area (Å²) in [7, 11) is 0. The summed E-state index contributed by atoms with van der Waals surface area (Å²) >= 11 is 5.87. The molecular weight excluding hydrogens is 266 g/mol. The number of hydrogen-bond acceptors (Lipinski definition) is 3. The van der Waals surface area contributed by atoms with Gasteiger partial charge in [0.2, 0.25) is 0 Å². The topological polar surface area (TPSA) is 49.8 Å². The van der Waals surface area contributed by atoms with E-state index in [1.54, 1.807) is 12.1 Å². The van der Waals surface area contributed by atoms with Crippen molar-refractivity contribution in [3.63, 3.8) is 0 Å². The highest BCUT2D eigenvalue weighted by atomic mass is 35.5. The molecule has 1 aliphatic rings. The first kappa shape index (κ1) is 14.2. The van der Waals surface area contributed by atoms with E-state index < -0.39 is 5.97 Å². The molecule has 0 spiro atoms. The number of aliphatic carboxylic acids is 1. The number of rotatable bonds is 5. The minimum atomic E-state index is -0.833. The van der Waals surface area contributed by atoms with E-state index in [0.717, 1.165) is 18.7 Å². The molecule has 0 amide bonds. The van der Waals surface area contributed by atoms with Gasteiger partial charge >= 0.3 is 5.97 Å². The molecule has 1 aromatic rings. The Labute approximate surface area is 117 Å². The van der Waals surface area contributed by atoms with Crippen molar-refractivity contribution >= 4 is 23.3 Å². The predicted molar refractivity (Wildman–Crippen MR) is 74.8 cm³/mol. The van der Waals surface area contributed by atoms with E-state index in [2.05, 4.69) is 6.92 Å². The molecule has 1 heterocycles. The molecule has 104 valence electrons. The molecule has 0 bridgehead atoms. The van der Waals surface area contributed by atoms with Gasteiger partial charge in [0.15, 0.2) is 0 Å². The highest BCUT2D eigenvalue weighted by Crippen LogP contribution is 2.26. The summed E-state index contributed by atoms with van der Waals surface area (Å²) in [5.41, 5.74) is 0.881. The summed E-state index contributed by atoms with van der Waals surface area (Å²) in [4.78, 5) is 13.0. The number of hydrogen-bond donors (Lipinski definition) is 1. The van der Waals surface area contributed by atoms with Gasteiger partial charge in [-0.3, -0.25) is 4.79 Å². The molecule has 1 saturated heterocycles. The molecule has 1 N–H and O–H groups in total. The van der Waals surface area contributed by atoms with Gasteiger partial charge in [0.25, 0.3) is 0 Å². The smallest absolute Gasteiger partial charge is 0.323 e. The predicted octanol–water partition coefficient (Wildman–Crippen LogP) is 2.66. The third kappa shape index (κ3) is 3.61. The maximum Gasteiger partial charge on any atom is 0.323 e. The summed E-state index contributed by atoms with van der Waals surface area (Å²) in [5, 5.41) is 9.74. The van der Waals surface area contributed by atoms with Gasteiger partial charge in [-0.1, -0.05) is 11.6 Å². The van der Waals surface area contributed by atoms with Crippen molar-refractivity contribution in [1.82, 2.24) is 0 Å². The van der Waals surface area contributed by atoms with E-state index in [0.29, 0.717) is 17.5 Å². The van der Waals surface area contributed by atoms with Crippen molar-refractivity contribution in [2.24, 2.45) is 5.92 Å². The lowest BCUT2D eigenvalue weighted by Gasteiger charge is -2.33. The van der Waals surface area contributed by atoms with Gasteiger partial charge in [-0.15, -0.1) is 0 Å². The lowest BCUT2D eigenvalue weighted by molar-refractivity contribution is -0.135. The molecule has 0 aliphatic carbocycles. The van der Waals surface area contributed by atoms with Crippen molar-refractivity contribution in [2.45, 2.75) is 19.4 Å². The molecular formula is C14H18ClNO3. The summed E-state index contributed by atoms with van der Waals surface area (Å²) in [6.45, 7) is 3.50. The average Bonchev–Trinajstić information content (AvgIpc) is 2.90. The number of carbonyl (C=O) groups is 1. The number of halogens is 1. The van der Waals surface area contributed by atoms with Crippen LogP contribution in [-0.2, 0) is 9.53 Å². The van der Waals surface area contributed by atoms with Crippen LogP contribution in [0.4, 0.5) is 5.69 Å². The van der Waals surface area contributed by atoms with Crippen LogP contribution in [-0.4, -0.2) is 36.9 Å². The van der Waals surface area contributed by atoms with Gasteiger partial charge in [-0.25, -0.2) is 0 Å². The lowest BCUT2D eigenvalue weighted by Crippen LogP contribution is -2.42. The minimum absolute atomic E-state index is 0.0146. The SMILES string of the molecule is CC(C1CCOC1)N(CC(=O)O)c1ccc(Cl)cc1. The van der Waals surface area contributed by atoms with Gasteiger partial charge in [-0.2, -0.15) is 0 Å². The molecule has 1 aliphatic heterocycles. The number of benzene rings is 1. The second-order valence-electron chi connectivity index (χ2n) is 4.86. The van der Waals surface area contributed by atoms with E-state index in [1.807, 2.05) is 17.0 Å². The number of nitrogens with zero attached hydrogens (tertiary/aromatic N) is 1. The van der Waals surface area contributed by atoms with Gasteiger partial charge in [0.05, 0.1) is 6.61 Å². The fourth-order valence-corrected chi connectivity index (χ4v) is 2.56. The van der Waals surface area contributed by atoms with Crippen LogP contribution in [0.3, 0.4) is 0 Å². The third-order valence-electron chi connectivity index (χ3n) is 3.60. The molecule has 5 heteroatoms. The quantitative estimate of drug-likeness (QED) is 0.903. The van der Waals surface area contributed by atoms with Crippen molar-refractivity contribution in [1.29, 1.82) is 0 Å². The van der Waals surface area contributed by atoms with E-state index in [4.69, 9.17) is 21.4 Å². The number of carboxylic acid groups (broad SMARTS) is 1. The van der Waals surface area contributed by atoms with Crippen LogP contribution < -0.4 is 4.90 Å². The summed E-state index contributed by atoms with van der Waals surface area (Å²) in [6, 6.07) is 7.40. The number of anilines is 1. The molecule has 4 nitrogen and oxygen atoms in total. The van der Waals surface area contributed by atoms with Gasteiger partial charge in [-0.05, 0) is 37.6 Å². The van der Waals surface area contributed by atoms with Crippen LogP contribution in [0.25, 0.3) is 0 Å². The first-order valence-corrected chi connectivity index (χ1v) is 6.77. The van der Waals surface area contributed by atoms with Crippen molar-refractivity contribution in [3.8, 4) is 0 Å². The zero-order valence-corrected chi connectivity index (χ0v) is 11.6. The molecule has 2 unspecified atom stereocenters. The first-order chi connectivity index (χ1) is 9.08. The van der Waals surface area contributed by atoms with Gasteiger partial charge in [0.1, 0.15) is 6.54 Å². The normalized spacial score (nSPS) is 20.2. The lowest BCUT2D eigenvalue weighted by atomic mass is 9.98. The second-order valence-corrected chi connectivity index (χ2v) is 5.30. The molecule has 1 fully saturated rings. The Kier molecular flexibility index (Phi) is 4.66.